The van der Waals surface area contributed by atoms with Gasteiger partial charge in [-0.3, -0.25) is 14.6 Å². The Morgan fingerprint density at radius 2 is 1.60 bits per heavy atom. The van der Waals surface area contributed by atoms with Gasteiger partial charge < -0.3 is 10.0 Å². The molecule has 1 aliphatic heterocycles. The molecule has 0 bridgehead atoms. The van der Waals surface area contributed by atoms with Crippen LogP contribution in [0.1, 0.15) is 94.9 Å². The van der Waals surface area contributed by atoms with Crippen molar-refractivity contribution >= 4 is 17.7 Å². The molecule has 0 radical (unpaired) electrons. The summed E-state index contributed by atoms with van der Waals surface area (Å²) >= 11 is 0. The van der Waals surface area contributed by atoms with Crippen LogP contribution in [0, 0.1) is 0 Å². The molecule has 3 aromatic rings. The summed E-state index contributed by atoms with van der Waals surface area (Å²) in [5, 5.41) is 9.60. The van der Waals surface area contributed by atoms with Crippen LogP contribution in [0.25, 0.3) is 11.1 Å². The Morgan fingerprint density at radius 1 is 0.907 bits per heavy atom. The first-order chi connectivity index (χ1) is 20.6. The minimum atomic E-state index is -0.721. The number of rotatable bonds is 12. The Bertz CT molecular complexity index is 1460. The quantitative estimate of drug-likeness (QED) is 0.236. The number of carboxylic acid groups (broad SMARTS) is 1. The summed E-state index contributed by atoms with van der Waals surface area (Å²) in [5.41, 5.74) is 6.58. The fourth-order valence-electron chi connectivity index (χ4n) is 6.31. The number of carbonyl (C=O) groups excluding carboxylic acids is 1. The van der Waals surface area contributed by atoms with E-state index >= 15 is 0 Å². The Labute approximate surface area is 257 Å². The molecule has 226 valence electrons. The van der Waals surface area contributed by atoms with Gasteiger partial charge in [0.1, 0.15) is 5.84 Å². The number of hydrogen-bond donors (Lipinski definition) is 1. The van der Waals surface area contributed by atoms with Gasteiger partial charge in [0.25, 0.3) is 0 Å². The van der Waals surface area contributed by atoms with E-state index in [1.807, 2.05) is 36.1 Å². The van der Waals surface area contributed by atoms with Gasteiger partial charge in [-0.2, -0.15) is 0 Å². The molecule has 3 aromatic carbocycles. The third kappa shape index (κ3) is 7.26. The minimum Gasteiger partial charge on any atom is -0.481 e. The van der Waals surface area contributed by atoms with E-state index in [9.17, 15) is 14.7 Å². The van der Waals surface area contributed by atoms with Crippen molar-refractivity contribution < 1.29 is 14.7 Å². The molecule has 1 heterocycles. The van der Waals surface area contributed by atoms with Crippen molar-refractivity contribution in [3.8, 4) is 11.1 Å². The second-order valence-electron chi connectivity index (χ2n) is 13.4. The van der Waals surface area contributed by atoms with Crippen molar-refractivity contribution in [2.24, 2.45) is 4.99 Å². The van der Waals surface area contributed by atoms with E-state index in [-0.39, 0.29) is 17.4 Å². The number of carboxylic acids is 1. The topological polar surface area (TPSA) is 70.0 Å². The van der Waals surface area contributed by atoms with E-state index in [0.717, 1.165) is 73.9 Å². The maximum absolute atomic E-state index is 13.0. The van der Waals surface area contributed by atoms with E-state index in [2.05, 4.69) is 69.3 Å². The maximum atomic E-state index is 13.0. The highest BCUT2D eigenvalue weighted by molar-refractivity contribution is 6.00. The summed E-state index contributed by atoms with van der Waals surface area (Å²) in [6, 6.07) is 25.6. The molecule has 1 atom stereocenters. The first kappa shape index (κ1) is 30.7. The van der Waals surface area contributed by atoms with E-state index in [1.165, 1.54) is 16.7 Å². The van der Waals surface area contributed by atoms with Gasteiger partial charge in [-0.15, -0.1) is 0 Å². The van der Waals surface area contributed by atoms with Crippen molar-refractivity contribution in [2.45, 2.75) is 102 Å². The zero-order valence-corrected chi connectivity index (χ0v) is 26.2. The van der Waals surface area contributed by atoms with Gasteiger partial charge in [0, 0.05) is 19.4 Å². The summed E-state index contributed by atoms with van der Waals surface area (Å²) < 4.78 is 0. The van der Waals surface area contributed by atoms with Crippen LogP contribution in [-0.4, -0.2) is 40.3 Å². The van der Waals surface area contributed by atoms with Crippen LogP contribution in [-0.2, 0) is 33.3 Å². The van der Waals surface area contributed by atoms with Crippen molar-refractivity contribution in [3.63, 3.8) is 0 Å². The monoisotopic (exact) mass is 578 g/mol. The van der Waals surface area contributed by atoms with E-state index < -0.39 is 11.4 Å². The Hall–Kier alpha value is -3.73. The highest BCUT2D eigenvalue weighted by atomic mass is 16.4. The predicted molar refractivity (Wildman–Crippen MR) is 175 cm³/mol. The molecular formula is C38H46N2O3. The second kappa shape index (κ2) is 12.9. The Balaban J connectivity index is 1.16. The van der Waals surface area contributed by atoms with Crippen molar-refractivity contribution in [2.75, 3.05) is 6.54 Å². The van der Waals surface area contributed by atoms with E-state index in [1.54, 1.807) is 0 Å². The molecule has 5 heteroatoms. The molecule has 5 rings (SSSR count). The molecule has 0 spiro atoms. The van der Waals surface area contributed by atoms with E-state index in [4.69, 9.17) is 4.99 Å². The number of aryl methyl sites for hydroxylation is 2. The molecule has 2 aliphatic rings. The molecule has 1 unspecified atom stereocenters. The smallest absolute Gasteiger partial charge is 0.314 e. The third-order valence-corrected chi connectivity index (χ3v) is 9.22. The molecular weight excluding hydrogens is 532 g/mol. The Kier molecular flexibility index (Phi) is 9.19. The first-order valence-corrected chi connectivity index (χ1v) is 16.0. The molecule has 43 heavy (non-hydrogen) atoms. The largest absolute Gasteiger partial charge is 0.481 e. The number of amides is 1. The SMILES string of the molecule is CCN1C(=O)CC(CCCc2ccc(C(C)(C)C)cc2)N=C1CCCc1cccc(-c2ccc(C3(C(=O)O)CC3)cc2)c1. The van der Waals surface area contributed by atoms with E-state index in [0.29, 0.717) is 13.0 Å². The zero-order chi connectivity index (χ0) is 30.6. The third-order valence-electron chi connectivity index (χ3n) is 9.22. The lowest BCUT2D eigenvalue weighted by molar-refractivity contribution is -0.140. The molecule has 1 fully saturated rings. The number of benzene rings is 3. The molecule has 0 aromatic heterocycles. The van der Waals surface area contributed by atoms with Crippen LogP contribution in [0.2, 0.25) is 0 Å². The van der Waals surface area contributed by atoms with Crippen LogP contribution in [0.3, 0.4) is 0 Å². The van der Waals surface area contributed by atoms with Crippen LogP contribution >= 0.6 is 0 Å². The molecule has 1 aliphatic carbocycles. The molecule has 1 saturated carbocycles. The van der Waals surface area contributed by atoms with Gasteiger partial charge >= 0.3 is 5.97 Å². The summed E-state index contributed by atoms with van der Waals surface area (Å²) in [4.78, 5) is 31.6. The number of amidine groups is 1. The van der Waals surface area contributed by atoms with Gasteiger partial charge in [0.05, 0.1) is 11.5 Å². The number of aliphatic imine (C=N–C) groups is 1. The van der Waals surface area contributed by atoms with Crippen LogP contribution in [0.5, 0.6) is 0 Å². The van der Waals surface area contributed by atoms with Gasteiger partial charge in [0.15, 0.2) is 0 Å². The number of aliphatic carboxylic acids is 1. The second-order valence-corrected chi connectivity index (χ2v) is 13.4. The predicted octanol–water partition coefficient (Wildman–Crippen LogP) is 8.13. The van der Waals surface area contributed by atoms with Gasteiger partial charge in [-0.1, -0.05) is 93.6 Å². The first-order valence-electron chi connectivity index (χ1n) is 16.0. The maximum Gasteiger partial charge on any atom is 0.314 e. The molecule has 5 nitrogen and oxygen atoms in total. The van der Waals surface area contributed by atoms with Gasteiger partial charge in [-0.25, -0.2) is 0 Å². The lowest BCUT2D eigenvalue weighted by Gasteiger charge is -2.30. The fourth-order valence-corrected chi connectivity index (χ4v) is 6.31. The van der Waals surface area contributed by atoms with Crippen molar-refractivity contribution in [1.82, 2.24) is 4.90 Å². The van der Waals surface area contributed by atoms with Crippen molar-refractivity contribution in [1.29, 1.82) is 0 Å². The van der Waals surface area contributed by atoms with Crippen LogP contribution < -0.4 is 0 Å². The van der Waals surface area contributed by atoms with Crippen LogP contribution in [0.4, 0.5) is 0 Å². The fraction of sp³-hybridized carbons (Fsp3) is 0.447. The highest BCUT2D eigenvalue weighted by Gasteiger charge is 2.51. The molecule has 1 N–H and O–H groups in total. The van der Waals surface area contributed by atoms with Crippen molar-refractivity contribution in [3.05, 3.63) is 95.1 Å². The van der Waals surface area contributed by atoms with Gasteiger partial charge in [-0.05, 0) is 90.7 Å². The Morgan fingerprint density at radius 3 is 2.23 bits per heavy atom. The average molecular weight is 579 g/mol. The standard InChI is InChI=1S/C38H46N2O3/c1-5-40-34(39-33(26-35(40)41)13-7-9-27-15-19-31(20-16-27)37(2,3)4)14-8-11-28-10-6-12-30(25-28)29-17-21-32(22-18-29)38(23-24-38)36(42)43/h6,10,12,15-22,25,33H,5,7-9,11,13-14,23-24,26H2,1-4H3,(H,42,43). The normalized spacial score (nSPS) is 18.0. The molecule has 1 amide bonds. The lowest BCUT2D eigenvalue weighted by atomic mass is 9.86. The minimum absolute atomic E-state index is 0.0707. The number of nitrogens with zero attached hydrogens (tertiary/aromatic N) is 2. The molecule has 0 saturated heterocycles. The number of carbonyl (C=O) groups is 2. The average Bonchev–Trinajstić information content (AvgIpc) is 3.80. The summed E-state index contributed by atoms with van der Waals surface area (Å²) in [5.74, 6) is 0.423. The lowest BCUT2D eigenvalue weighted by Crippen LogP contribution is -2.42. The zero-order valence-electron chi connectivity index (χ0n) is 26.2. The van der Waals surface area contributed by atoms with Gasteiger partial charge in [0.2, 0.25) is 5.91 Å². The summed E-state index contributed by atoms with van der Waals surface area (Å²) in [7, 11) is 0. The van der Waals surface area contributed by atoms with Crippen LogP contribution in [0.15, 0.2) is 77.8 Å². The number of hydrogen-bond acceptors (Lipinski definition) is 3. The summed E-state index contributed by atoms with van der Waals surface area (Å²) in [6.07, 6.45) is 7.55. The highest BCUT2D eigenvalue weighted by Crippen LogP contribution is 2.48. The summed E-state index contributed by atoms with van der Waals surface area (Å²) in [6.45, 7) is 9.42.